The molecule has 0 aromatic heterocycles. The Labute approximate surface area is 161 Å². The summed E-state index contributed by atoms with van der Waals surface area (Å²) in [4.78, 5) is 4.64. The Kier molecular flexibility index (Phi) is 9.22. The summed E-state index contributed by atoms with van der Waals surface area (Å²) in [6.45, 7) is 6.42. The van der Waals surface area contributed by atoms with Gasteiger partial charge >= 0.3 is 0 Å². The zero-order valence-electron chi connectivity index (χ0n) is 14.5. The molecule has 0 heterocycles. The van der Waals surface area contributed by atoms with Crippen LogP contribution in [0.1, 0.15) is 23.6 Å². The van der Waals surface area contributed by atoms with Crippen molar-refractivity contribution in [3.05, 3.63) is 65.2 Å². The average molecular weight is 439 g/mol. The van der Waals surface area contributed by atoms with Crippen LogP contribution < -0.4 is 15.4 Å². The summed E-state index contributed by atoms with van der Waals surface area (Å²) in [5, 5.41) is 6.66. The van der Waals surface area contributed by atoms with E-state index in [0.29, 0.717) is 6.54 Å². The molecule has 0 unspecified atom stereocenters. The maximum Gasteiger partial charge on any atom is 0.191 e. The zero-order valence-corrected chi connectivity index (χ0v) is 16.8. The topological polar surface area (TPSA) is 45.7 Å². The van der Waals surface area contributed by atoms with Gasteiger partial charge in [-0.25, -0.2) is 4.99 Å². The predicted molar refractivity (Wildman–Crippen MR) is 111 cm³/mol. The molecule has 2 aromatic carbocycles. The maximum absolute atomic E-state index is 5.17. The molecule has 0 fully saturated rings. The van der Waals surface area contributed by atoms with Crippen LogP contribution in [0, 0.1) is 6.92 Å². The van der Waals surface area contributed by atoms with Crippen LogP contribution in [0.15, 0.2) is 53.5 Å². The number of aliphatic imine (C=N–C) groups is 1. The summed E-state index contributed by atoms with van der Waals surface area (Å²) in [7, 11) is 1.67. The molecular weight excluding hydrogens is 413 g/mol. The van der Waals surface area contributed by atoms with E-state index in [-0.39, 0.29) is 24.0 Å². The van der Waals surface area contributed by atoms with Crippen molar-refractivity contribution >= 4 is 29.9 Å². The lowest BCUT2D eigenvalue weighted by Gasteiger charge is -2.12. The van der Waals surface area contributed by atoms with Crippen LogP contribution in [-0.4, -0.2) is 19.6 Å². The number of ether oxygens (including phenoxy) is 1. The number of rotatable bonds is 6. The second-order valence-corrected chi connectivity index (χ2v) is 5.32. The van der Waals surface area contributed by atoms with E-state index < -0.39 is 0 Å². The predicted octanol–water partition coefficient (Wildman–Crippen LogP) is 3.88. The van der Waals surface area contributed by atoms with Gasteiger partial charge in [0.05, 0.1) is 13.7 Å². The largest absolute Gasteiger partial charge is 0.497 e. The van der Waals surface area contributed by atoms with Crippen molar-refractivity contribution in [3.63, 3.8) is 0 Å². The minimum Gasteiger partial charge on any atom is -0.497 e. The SMILES string of the molecule is CCNC(=NCc1ccc(OC)cc1)NCc1ccccc1C.I. The Morgan fingerprint density at radius 1 is 1.04 bits per heavy atom. The van der Waals surface area contributed by atoms with Crippen molar-refractivity contribution in [2.24, 2.45) is 4.99 Å². The fraction of sp³-hybridized carbons (Fsp3) is 0.316. The summed E-state index contributed by atoms with van der Waals surface area (Å²) in [5.41, 5.74) is 3.72. The molecule has 130 valence electrons. The van der Waals surface area contributed by atoms with Gasteiger partial charge in [0.1, 0.15) is 5.75 Å². The van der Waals surface area contributed by atoms with E-state index >= 15 is 0 Å². The molecule has 2 aromatic rings. The molecule has 0 radical (unpaired) electrons. The smallest absolute Gasteiger partial charge is 0.191 e. The van der Waals surface area contributed by atoms with Gasteiger partial charge in [0.25, 0.3) is 0 Å². The van der Waals surface area contributed by atoms with E-state index in [0.717, 1.165) is 30.4 Å². The highest BCUT2D eigenvalue weighted by molar-refractivity contribution is 14.0. The molecule has 24 heavy (non-hydrogen) atoms. The third-order valence-corrected chi connectivity index (χ3v) is 3.63. The molecule has 5 heteroatoms. The summed E-state index contributed by atoms with van der Waals surface area (Å²) in [6.07, 6.45) is 0. The molecule has 0 bridgehead atoms. The Morgan fingerprint density at radius 3 is 2.38 bits per heavy atom. The van der Waals surface area contributed by atoms with Gasteiger partial charge in [0.15, 0.2) is 5.96 Å². The van der Waals surface area contributed by atoms with E-state index in [2.05, 4.69) is 53.7 Å². The van der Waals surface area contributed by atoms with Gasteiger partial charge in [0, 0.05) is 13.1 Å². The molecular formula is C19H26IN3O. The fourth-order valence-electron chi connectivity index (χ4n) is 2.23. The molecule has 0 saturated heterocycles. The van der Waals surface area contributed by atoms with Gasteiger partial charge in [0.2, 0.25) is 0 Å². The maximum atomic E-state index is 5.17. The first-order valence-corrected chi connectivity index (χ1v) is 7.92. The van der Waals surface area contributed by atoms with E-state index in [9.17, 15) is 0 Å². The second-order valence-electron chi connectivity index (χ2n) is 5.32. The minimum atomic E-state index is 0. The highest BCUT2D eigenvalue weighted by Gasteiger charge is 2.01. The highest BCUT2D eigenvalue weighted by Crippen LogP contribution is 2.12. The number of nitrogens with zero attached hydrogens (tertiary/aromatic N) is 1. The zero-order chi connectivity index (χ0) is 16.5. The molecule has 0 aliphatic rings. The van der Waals surface area contributed by atoms with Crippen LogP contribution in [0.3, 0.4) is 0 Å². The lowest BCUT2D eigenvalue weighted by atomic mass is 10.1. The molecule has 4 nitrogen and oxygen atoms in total. The third-order valence-electron chi connectivity index (χ3n) is 3.63. The van der Waals surface area contributed by atoms with Gasteiger partial charge in [-0.3, -0.25) is 0 Å². The molecule has 0 atom stereocenters. The van der Waals surface area contributed by atoms with Crippen LogP contribution in [0.5, 0.6) is 5.75 Å². The van der Waals surface area contributed by atoms with Crippen molar-refractivity contribution in [1.29, 1.82) is 0 Å². The first-order valence-electron chi connectivity index (χ1n) is 7.92. The van der Waals surface area contributed by atoms with Gasteiger partial charge in [-0.05, 0) is 42.7 Å². The number of methoxy groups -OCH3 is 1. The van der Waals surface area contributed by atoms with Crippen molar-refractivity contribution in [2.45, 2.75) is 26.9 Å². The van der Waals surface area contributed by atoms with Gasteiger partial charge in [-0.1, -0.05) is 36.4 Å². The van der Waals surface area contributed by atoms with Gasteiger partial charge < -0.3 is 15.4 Å². The number of benzene rings is 2. The van der Waals surface area contributed by atoms with Crippen molar-refractivity contribution in [3.8, 4) is 5.75 Å². The Hall–Kier alpha value is -1.76. The molecule has 2 N–H and O–H groups in total. The van der Waals surface area contributed by atoms with Crippen LogP contribution in [0.25, 0.3) is 0 Å². The number of hydrogen-bond donors (Lipinski definition) is 2. The molecule has 0 aliphatic carbocycles. The number of nitrogens with one attached hydrogen (secondary N) is 2. The lowest BCUT2D eigenvalue weighted by Crippen LogP contribution is -2.36. The van der Waals surface area contributed by atoms with E-state index in [1.165, 1.54) is 11.1 Å². The Balaban J connectivity index is 0.00000288. The average Bonchev–Trinajstić information content (AvgIpc) is 2.59. The van der Waals surface area contributed by atoms with Gasteiger partial charge in [-0.2, -0.15) is 0 Å². The number of halogens is 1. The third kappa shape index (κ3) is 6.39. The normalized spacial score (nSPS) is 10.7. The van der Waals surface area contributed by atoms with Crippen molar-refractivity contribution < 1.29 is 4.74 Å². The standard InChI is InChI=1S/C19H25N3O.HI/c1-4-20-19(22-14-17-8-6-5-7-15(17)2)21-13-16-9-11-18(23-3)12-10-16;/h5-12H,4,13-14H2,1-3H3,(H2,20,21,22);1H. The lowest BCUT2D eigenvalue weighted by molar-refractivity contribution is 0.414. The van der Waals surface area contributed by atoms with Crippen LogP contribution >= 0.6 is 24.0 Å². The van der Waals surface area contributed by atoms with Crippen molar-refractivity contribution in [2.75, 3.05) is 13.7 Å². The van der Waals surface area contributed by atoms with Crippen molar-refractivity contribution in [1.82, 2.24) is 10.6 Å². The van der Waals surface area contributed by atoms with E-state index in [1.54, 1.807) is 7.11 Å². The molecule has 0 amide bonds. The Bertz CT molecular complexity index is 641. The summed E-state index contributed by atoms with van der Waals surface area (Å²) in [6, 6.07) is 16.4. The van der Waals surface area contributed by atoms with Crippen LogP contribution in [-0.2, 0) is 13.1 Å². The van der Waals surface area contributed by atoms with Crippen LogP contribution in [0.2, 0.25) is 0 Å². The summed E-state index contributed by atoms with van der Waals surface area (Å²) < 4.78 is 5.17. The first-order chi connectivity index (χ1) is 11.2. The van der Waals surface area contributed by atoms with Gasteiger partial charge in [-0.15, -0.1) is 24.0 Å². The van der Waals surface area contributed by atoms with E-state index in [1.807, 2.05) is 24.3 Å². The van der Waals surface area contributed by atoms with E-state index in [4.69, 9.17) is 4.74 Å². The number of hydrogen-bond acceptors (Lipinski definition) is 2. The van der Waals surface area contributed by atoms with Crippen LogP contribution in [0.4, 0.5) is 0 Å². The fourth-order valence-corrected chi connectivity index (χ4v) is 2.23. The molecule has 2 rings (SSSR count). The monoisotopic (exact) mass is 439 g/mol. The minimum absolute atomic E-state index is 0. The summed E-state index contributed by atoms with van der Waals surface area (Å²) >= 11 is 0. The first kappa shape index (κ1) is 20.3. The highest BCUT2D eigenvalue weighted by atomic mass is 127. The second kappa shape index (κ2) is 10.9. The molecule has 0 aliphatic heterocycles. The number of guanidine groups is 1. The quantitative estimate of drug-likeness (QED) is 0.408. The summed E-state index contributed by atoms with van der Waals surface area (Å²) in [5.74, 6) is 1.69. The number of aryl methyl sites for hydroxylation is 1. The molecule has 0 spiro atoms. The Morgan fingerprint density at radius 2 is 1.75 bits per heavy atom. The molecule has 0 saturated carbocycles.